The molecule has 0 saturated carbocycles. The molecule has 1 fully saturated rings. The maximum Gasteiger partial charge on any atom is 0.337 e. The highest BCUT2D eigenvalue weighted by atomic mass is 16.4. The van der Waals surface area contributed by atoms with Gasteiger partial charge in [0.2, 0.25) is 0 Å². The van der Waals surface area contributed by atoms with Gasteiger partial charge in [-0.1, -0.05) is 0 Å². The van der Waals surface area contributed by atoms with E-state index in [9.17, 15) is 9.59 Å². The molecular weight excluding hydrogens is 286 g/mol. The molecule has 1 saturated heterocycles. The van der Waals surface area contributed by atoms with Crippen molar-refractivity contribution >= 4 is 17.6 Å². The molecule has 0 aromatic carbocycles. The standard InChI is InChI=1S/C14H17N5O3/c1-17(2)14(22)18-6-5-9(7-18)12-16-15-11-4-3-10(13(20)21)8-19(11)12/h3-4,8-9H,5-7H2,1-2H3,(H,20,21). The molecule has 0 radical (unpaired) electrons. The van der Waals surface area contributed by atoms with Gasteiger partial charge in [-0.2, -0.15) is 0 Å². The van der Waals surface area contributed by atoms with Crippen molar-refractivity contribution in [2.45, 2.75) is 12.3 Å². The number of hydrogen-bond acceptors (Lipinski definition) is 4. The summed E-state index contributed by atoms with van der Waals surface area (Å²) >= 11 is 0. The van der Waals surface area contributed by atoms with Gasteiger partial charge in [0, 0.05) is 39.3 Å². The molecule has 1 aliphatic rings. The van der Waals surface area contributed by atoms with Crippen molar-refractivity contribution in [1.29, 1.82) is 0 Å². The Morgan fingerprint density at radius 1 is 1.32 bits per heavy atom. The van der Waals surface area contributed by atoms with Crippen LogP contribution in [-0.2, 0) is 0 Å². The first-order chi connectivity index (χ1) is 10.5. The van der Waals surface area contributed by atoms with Crippen LogP contribution in [0.4, 0.5) is 4.79 Å². The average molecular weight is 303 g/mol. The summed E-state index contributed by atoms with van der Waals surface area (Å²) in [6.45, 7) is 1.23. The van der Waals surface area contributed by atoms with Crippen LogP contribution in [0.15, 0.2) is 18.3 Å². The van der Waals surface area contributed by atoms with E-state index >= 15 is 0 Å². The molecule has 0 bridgehead atoms. The van der Waals surface area contributed by atoms with E-state index in [4.69, 9.17) is 5.11 Å². The molecule has 1 atom stereocenters. The third kappa shape index (κ3) is 2.36. The first-order valence-corrected chi connectivity index (χ1v) is 7.01. The van der Waals surface area contributed by atoms with Crippen molar-refractivity contribution in [1.82, 2.24) is 24.4 Å². The Hall–Kier alpha value is -2.64. The number of hydrogen-bond donors (Lipinski definition) is 1. The van der Waals surface area contributed by atoms with E-state index in [0.717, 1.165) is 6.42 Å². The normalized spacial score (nSPS) is 17.9. The SMILES string of the molecule is CN(C)C(=O)N1CCC(c2nnc3ccc(C(=O)O)cn23)C1. The van der Waals surface area contributed by atoms with Crippen LogP contribution in [0, 0.1) is 0 Å². The predicted molar refractivity (Wildman–Crippen MR) is 78.0 cm³/mol. The first-order valence-electron chi connectivity index (χ1n) is 7.01. The summed E-state index contributed by atoms with van der Waals surface area (Å²) in [5.74, 6) is -0.229. The van der Waals surface area contributed by atoms with Crippen molar-refractivity contribution < 1.29 is 14.7 Å². The summed E-state index contributed by atoms with van der Waals surface area (Å²) in [5, 5.41) is 17.4. The number of carbonyl (C=O) groups is 2. The Morgan fingerprint density at radius 3 is 2.77 bits per heavy atom. The number of fused-ring (bicyclic) bond motifs is 1. The number of likely N-dealkylation sites (tertiary alicyclic amines) is 1. The molecule has 1 unspecified atom stereocenters. The van der Waals surface area contributed by atoms with E-state index in [1.807, 2.05) is 0 Å². The number of rotatable bonds is 2. The number of pyridine rings is 1. The highest BCUT2D eigenvalue weighted by Crippen LogP contribution is 2.27. The smallest absolute Gasteiger partial charge is 0.337 e. The molecule has 0 spiro atoms. The van der Waals surface area contributed by atoms with E-state index < -0.39 is 5.97 Å². The molecule has 0 aliphatic carbocycles. The Kier molecular flexibility index (Phi) is 3.44. The number of aromatic nitrogens is 3. The topological polar surface area (TPSA) is 91.0 Å². The van der Waals surface area contributed by atoms with Gasteiger partial charge in [0.1, 0.15) is 5.82 Å². The Balaban J connectivity index is 1.89. The highest BCUT2D eigenvalue weighted by molar-refractivity contribution is 5.87. The van der Waals surface area contributed by atoms with Crippen LogP contribution in [-0.4, -0.2) is 68.7 Å². The van der Waals surface area contributed by atoms with Gasteiger partial charge >= 0.3 is 12.0 Å². The molecule has 2 aromatic rings. The van der Waals surface area contributed by atoms with E-state index in [-0.39, 0.29) is 17.5 Å². The predicted octanol–water partition coefficient (Wildman–Crippen LogP) is 0.898. The second kappa shape index (κ2) is 5.28. The fourth-order valence-electron chi connectivity index (χ4n) is 2.74. The number of carboxylic acid groups (broad SMARTS) is 1. The van der Waals surface area contributed by atoms with Crippen molar-refractivity contribution in [3.05, 3.63) is 29.7 Å². The molecule has 2 aromatic heterocycles. The lowest BCUT2D eigenvalue weighted by Gasteiger charge is -2.21. The maximum absolute atomic E-state index is 12.0. The van der Waals surface area contributed by atoms with Gasteiger partial charge in [0.25, 0.3) is 0 Å². The zero-order chi connectivity index (χ0) is 15.9. The number of nitrogens with zero attached hydrogens (tertiary/aromatic N) is 5. The van der Waals surface area contributed by atoms with Crippen LogP contribution < -0.4 is 0 Å². The average Bonchev–Trinajstić information content (AvgIpc) is 3.11. The van der Waals surface area contributed by atoms with E-state index in [1.165, 1.54) is 12.3 Å². The Morgan fingerprint density at radius 2 is 2.09 bits per heavy atom. The summed E-state index contributed by atoms with van der Waals surface area (Å²) in [6, 6.07) is 3.12. The van der Waals surface area contributed by atoms with Crippen molar-refractivity contribution in [3.63, 3.8) is 0 Å². The molecule has 8 heteroatoms. The van der Waals surface area contributed by atoms with Crippen LogP contribution in [0.3, 0.4) is 0 Å². The third-order valence-electron chi connectivity index (χ3n) is 3.88. The lowest BCUT2D eigenvalue weighted by Crippen LogP contribution is -2.37. The number of carboxylic acids is 1. The second-order valence-electron chi connectivity index (χ2n) is 5.62. The summed E-state index contributed by atoms with van der Waals surface area (Å²) in [6.07, 6.45) is 2.32. The quantitative estimate of drug-likeness (QED) is 0.890. The van der Waals surface area contributed by atoms with Gasteiger partial charge in [-0.3, -0.25) is 4.40 Å². The Bertz CT molecular complexity index is 739. The number of urea groups is 1. The minimum Gasteiger partial charge on any atom is -0.478 e. The number of carbonyl (C=O) groups excluding carboxylic acids is 1. The first kappa shape index (κ1) is 14.3. The van der Waals surface area contributed by atoms with Gasteiger partial charge in [0.05, 0.1) is 5.56 Å². The van der Waals surface area contributed by atoms with Gasteiger partial charge < -0.3 is 14.9 Å². The third-order valence-corrected chi connectivity index (χ3v) is 3.88. The van der Waals surface area contributed by atoms with E-state index in [2.05, 4.69) is 10.2 Å². The van der Waals surface area contributed by atoms with Crippen LogP contribution in [0.5, 0.6) is 0 Å². The van der Waals surface area contributed by atoms with Gasteiger partial charge in [-0.05, 0) is 18.6 Å². The lowest BCUT2D eigenvalue weighted by atomic mass is 10.1. The fraction of sp³-hybridized carbons (Fsp3) is 0.429. The second-order valence-corrected chi connectivity index (χ2v) is 5.62. The fourth-order valence-corrected chi connectivity index (χ4v) is 2.74. The molecule has 22 heavy (non-hydrogen) atoms. The van der Waals surface area contributed by atoms with Crippen LogP contribution >= 0.6 is 0 Å². The zero-order valence-electron chi connectivity index (χ0n) is 12.4. The minimum absolute atomic E-state index is 0.0254. The molecule has 2 amide bonds. The summed E-state index contributed by atoms with van der Waals surface area (Å²) < 4.78 is 1.71. The largest absolute Gasteiger partial charge is 0.478 e. The maximum atomic E-state index is 12.0. The van der Waals surface area contributed by atoms with Gasteiger partial charge in [0.15, 0.2) is 5.65 Å². The van der Waals surface area contributed by atoms with Gasteiger partial charge in [-0.25, -0.2) is 9.59 Å². The van der Waals surface area contributed by atoms with Crippen LogP contribution in [0.2, 0.25) is 0 Å². The van der Waals surface area contributed by atoms with Crippen LogP contribution in [0.25, 0.3) is 5.65 Å². The number of amides is 2. The van der Waals surface area contributed by atoms with Crippen molar-refractivity contribution in [2.24, 2.45) is 0 Å². The molecule has 1 aliphatic heterocycles. The molecule has 1 N–H and O–H groups in total. The molecule has 3 heterocycles. The highest BCUT2D eigenvalue weighted by Gasteiger charge is 2.31. The minimum atomic E-state index is -0.989. The lowest BCUT2D eigenvalue weighted by molar-refractivity contribution is 0.0696. The number of aromatic carboxylic acids is 1. The summed E-state index contributed by atoms with van der Waals surface area (Å²) in [4.78, 5) is 26.4. The van der Waals surface area contributed by atoms with Crippen molar-refractivity contribution in [2.75, 3.05) is 27.2 Å². The molecule has 116 valence electrons. The molecule has 8 nitrogen and oxygen atoms in total. The molecular formula is C14H17N5O3. The summed E-state index contributed by atoms with van der Waals surface area (Å²) in [5.41, 5.74) is 0.796. The monoisotopic (exact) mass is 303 g/mol. The summed E-state index contributed by atoms with van der Waals surface area (Å²) in [7, 11) is 3.45. The molecule has 3 rings (SSSR count). The van der Waals surface area contributed by atoms with E-state index in [1.54, 1.807) is 34.4 Å². The van der Waals surface area contributed by atoms with Gasteiger partial charge in [-0.15, -0.1) is 10.2 Å². The Labute approximate surface area is 127 Å². The van der Waals surface area contributed by atoms with Crippen LogP contribution in [0.1, 0.15) is 28.5 Å². The van der Waals surface area contributed by atoms with E-state index in [0.29, 0.717) is 24.6 Å². The van der Waals surface area contributed by atoms with Crippen molar-refractivity contribution in [3.8, 4) is 0 Å². The zero-order valence-corrected chi connectivity index (χ0v) is 12.4.